The number of carbonyl (C=O) groups excluding carboxylic acids is 1. The molecule has 0 saturated carbocycles. The van der Waals surface area contributed by atoms with Crippen molar-refractivity contribution in [1.29, 1.82) is 0 Å². The maximum atomic E-state index is 11.5. The highest BCUT2D eigenvalue weighted by Crippen LogP contribution is 2.29. The van der Waals surface area contributed by atoms with Gasteiger partial charge in [0.2, 0.25) is 0 Å². The van der Waals surface area contributed by atoms with Crippen molar-refractivity contribution < 1.29 is 4.79 Å². The van der Waals surface area contributed by atoms with E-state index in [1.165, 1.54) is 0 Å². The molecule has 0 fully saturated rings. The SMILES string of the molecule is CC(C)C[C@@H]1NC(=O)c2ccccc21. The van der Waals surface area contributed by atoms with Crippen molar-refractivity contribution >= 4 is 5.91 Å². The van der Waals surface area contributed by atoms with Crippen LogP contribution in [0.2, 0.25) is 0 Å². The Balaban J connectivity index is 2.30. The molecule has 2 rings (SSSR count). The van der Waals surface area contributed by atoms with Gasteiger partial charge in [0.25, 0.3) is 5.91 Å². The van der Waals surface area contributed by atoms with E-state index < -0.39 is 0 Å². The monoisotopic (exact) mass is 189 g/mol. The minimum absolute atomic E-state index is 0.0752. The van der Waals surface area contributed by atoms with Gasteiger partial charge in [-0.25, -0.2) is 0 Å². The van der Waals surface area contributed by atoms with Crippen LogP contribution in [0.15, 0.2) is 24.3 Å². The maximum absolute atomic E-state index is 11.5. The molecule has 1 aromatic carbocycles. The van der Waals surface area contributed by atoms with Crippen LogP contribution in [0, 0.1) is 5.92 Å². The average molecular weight is 189 g/mol. The summed E-state index contributed by atoms with van der Waals surface area (Å²) in [5.74, 6) is 0.678. The maximum Gasteiger partial charge on any atom is 0.252 e. The number of nitrogens with one attached hydrogen (secondary N) is 1. The van der Waals surface area contributed by atoms with Gasteiger partial charge in [-0.05, 0) is 24.0 Å². The van der Waals surface area contributed by atoms with Crippen LogP contribution in [0.25, 0.3) is 0 Å². The van der Waals surface area contributed by atoms with Gasteiger partial charge in [0.05, 0.1) is 6.04 Å². The molecule has 0 aliphatic carbocycles. The molecule has 0 bridgehead atoms. The van der Waals surface area contributed by atoms with Crippen LogP contribution < -0.4 is 5.32 Å². The average Bonchev–Trinajstić information content (AvgIpc) is 2.44. The summed E-state index contributed by atoms with van der Waals surface area (Å²) in [4.78, 5) is 11.5. The molecule has 1 aromatic rings. The number of hydrogen-bond donors (Lipinski definition) is 1. The number of amides is 1. The lowest BCUT2D eigenvalue weighted by Gasteiger charge is -2.13. The Hall–Kier alpha value is -1.31. The van der Waals surface area contributed by atoms with Crippen LogP contribution in [-0.4, -0.2) is 5.91 Å². The van der Waals surface area contributed by atoms with Crippen molar-refractivity contribution in [3.8, 4) is 0 Å². The van der Waals surface area contributed by atoms with Gasteiger partial charge in [0.1, 0.15) is 0 Å². The van der Waals surface area contributed by atoms with Crippen LogP contribution >= 0.6 is 0 Å². The van der Waals surface area contributed by atoms with Crippen LogP contribution in [0.1, 0.15) is 42.2 Å². The highest BCUT2D eigenvalue weighted by molar-refractivity contribution is 5.99. The smallest absolute Gasteiger partial charge is 0.252 e. The Labute approximate surface area is 84.3 Å². The predicted octanol–water partition coefficient (Wildman–Crippen LogP) is 2.52. The second kappa shape index (κ2) is 3.45. The van der Waals surface area contributed by atoms with Crippen molar-refractivity contribution in [1.82, 2.24) is 5.32 Å². The standard InChI is InChI=1S/C12H15NO/c1-8(2)7-11-9-5-3-4-6-10(9)12(14)13-11/h3-6,8,11H,7H2,1-2H3,(H,13,14)/t11-/m0/s1. The van der Waals surface area contributed by atoms with Gasteiger partial charge in [-0.2, -0.15) is 0 Å². The van der Waals surface area contributed by atoms with E-state index in [0.717, 1.165) is 17.5 Å². The summed E-state index contributed by atoms with van der Waals surface area (Å²) in [6.45, 7) is 4.35. The molecule has 2 heteroatoms. The normalized spacial score (nSPS) is 19.6. The number of benzene rings is 1. The first-order chi connectivity index (χ1) is 6.68. The van der Waals surface area contributed by atoms with Crippen molar-refractivity contribution in [3.05, 3.63) is 35.4 Å². The molecule has 14 heavy (non-hydrogen) atoms. The van der Waals surface area contributed by atoms with E-state index in [1.807, 2.05) is 24.3 Å². The van der Waals surface area contributed by atoms with E-state index in [1.54, 1.807) is 0 Å². The highest BCUT2D eigenvalue weighted by atomic mass is 16.2. The van der Waals surface area contributed by atoms with Gasteiger partial charge < -0.3 is 5.32 Å². The second-order valence-corrected chi connectivity index (χ2v) is 4.24. The van der Waals surface area contributed by atoms with Crippen LogP contribution in [-0.2, 0) is 0 Å². The third-order valence-electron chi connectivity index (χ3n) is 2.59. The van der Waals surface area contributed by atoms with Gasteiger partial charge in [0, 0.05) is 5.56 Å². The predicted molar refractivity (Wildman–Crippen MR) is 56.1 cm³/mol. The summed E-state index contributed by atoms with van der Waals surface area (Å²) < 4.78 is 0. The van der Waals surface area contributed by atoms with E-state index >= 15 is 0 Å². The molecule has 1 aliphatic heterocycles. The summed E-state index contributed by atoms with van der Waals surface area (Å²) in [6, 6.07) is 8.06. The fourth-order valence-corrected chi connectivity index (χ4v) is 1.98. The van der Waals surface area contributed by atoms with E-state index in [0.29, 0.717) is 5.92 Å². The van der Waals surface area contributed by atoms with Crippen molar-refractivity contribution in [3.63, 3.8) is 0 Å². The van der Waals surface area contributed by atoms with Crippen LogP contribution in [0.3, 0.4) is 0 Å². The Kier molecular flexibility index (Phi) is 2.28. The molecule has 74 valence electrons. The number of fused-ring (bicyclic) bond motifs is 1. The largest absolute Gasteiger partial charge is 0.345 e. The van der Waals surface area contributed by atoms with Gasteiger partial charge in [-0.3, -0.25) is 4.79 Å². The van der Waals surface area contributed by atoms with Crippen LogP contribution in [0.4, 0.5) is 0 Å². The molecule has 1 N–H and O–H groups in total. The zero-order valence-electron chi connectivity index (χ0n) is 8.58. The van der Waals surface area contributed by atoms with Crippen molar-refractivity contribution in [2.75, 3.05) is 0 Å². The van der Waals surface area contributed by atoms with Gasteiger partial charge in [-0.15, -0.1) is 0 Å². The van der Waals surface area contributed by atoms with Crippen molar-refractivity contribution in [2.45, 2.75) is 26.3 Å². The van der Waals surface area contributed by atoms with Gasteiger partial charge in [-0.1, -0.05) is 32.0 Å². The quantitative estimate of drug-likeness (QED) is 0.761. The number of carbonyl (C=O) groups is 1. The zero-order valence-corrected chi connectivity index (χ0v) is 8.58. The lowest BCUT2D eigenvalue weighted by Crippen LogP contribution is -2.20. The molecule has 2 nitrogen and oxygen atoms in total. The first-order valence-corrected chi connectivity index (χ1v) is 5.08. The summed E-state index contributed by atoms with van der Waals surface area (Å²) in [5.41, 5.74) is 2.00. The van der Waals surface area contributed by atoms with Gasteiger partial charge >= 0.3 is 0 Å². The molecule has 0 aromatic heterocycles. The molecule has 1 atom stereocenters. The number of rotatable bonds is 2. The first-order valence-electron chi connectivity index (χ1n) is 5.08. The molecule has 0 saturated heterocycles. The minimum atomic E-state index is 0.0752. The number of hydrogen-bond acceptors (Lipinski definition) is 1. The zero-order chi connectivity index (χ0) is 10.1. The topological polar surface area (TPSA) is 29.1 Å². The Morgan fingerprint density at radius 2 is 2.07 bits per heavy atom. The Morgan fingerprint density at radius 3 is 2.79 bits per heavy atom. The van der Waals surface area contributed by atoms with E-state index in [9.17, 15) is 4.79 Å². The lowest BCUT2D eigenvalue weighted by molar-refractivity contribution is 0.0953. The van der Waals surface area contributed by atoms with Crippen molar-refractivity contribution in [2.24, 2.45) is 5.92 Å². The first kappa shape index (κ1) is 9.25. The molecular weight excluding hydrogens is 174 g/mol. The van der Waals surface area contributed by atoms with Crippen LogP contribution in [0.5, 0.6) is 0 Å². The Bertz CT molecular complexity index is 357. The highest BCUT2D eigenvalue weighted by Gasteiger charge is 2.27. The van der Waals surface area contributed by atoms with E-state index in [2.05, 4.69) is 19.2 Å². The fraction of sp³-hybridized carbons (Fsp3) is 0.417. The summed E-state index contributed by atoms with van der Waals surface area (Å²) in [6.07, 6.45) is 1.02. The second-order valence-electron chi connectivity index (χ2n) is 4.24. The van der Waals surface area contributed by atoms with Gasteiger partial charge in [0.15, 0.2) is 0 Å². The third-order valence-corrected chi connectivity index (χ3v) is 2.59. The third kappa shape index (κ3) is 1.52. The molecule has 1 amide bonds. The molecule has 0 unspecified atom stereocenters. The summed E-state index contributed by atoms with van der Waals surface area (Å²) in [7, 11) is 0. The molecule has 1 heterocycles. The van der Waals surface area contributed by atoms with E-state index in [-0.39, 0.29) is 11.9 Å². The summed E-state index contributed by atoms with van der Waals surface area (Å²) in [5, 5.41) is 3.01. The minimum Gasteiger partial charge on any atom is -0.345 e. The van der Waals surface area contributed by atoms with E-state index in [4.69, 9.17) is 0 Å². The Morgan fingerprint density at radius 1 is 1.36 bits per heavy atom. The molecular formula is C12H15NO. The summed E-state index contributed by atoms with van der Waals surface area (Å²) >= 11 is 0. The molecule has 1 aliphatic rings. The molecule has 0 radical (unpaired) electrons. The lowest BCUT2D eigenvalue weighted by atomic mass is 9.97. The molecule has 0 spiro atoms. The fourth-order valence-electron chi connectivity index (χ4n) is 1.98.